The number of nitrogens with two attached hydrogens (primary N) is 1. The molecule has 0 radical (unpaired) electrons. The van der Waals surface area contributed by atoms with Gasteiger partial charge in [0.15, 0.2) is 17.1 Å². The van der Waals surface area contributed by atoms with Crippen LogP contribution in [-0.2, 0) is 11.8 Å². The third kappa shape index (κ3) is 5.31. The van der Waals surface area contributed by atoms with Gasteiger partial charge in [0, 0.05) is 12.1 Å². The fourth-order valence-electron chi connectivity index (χ4n) is 2.73. The zero-order valence-corrected chi connectivity index (χ0v) is 17.9. The van der Waals surface area contributed by atoms with Crippen LogP contribution in [0.25, 0.3) is 0 Å². The lowest BCUT2D eigenvalue weighted by Crippen LogP contribution is -2.19. The average Bonchev–Trinajstić information content (AvgIpc) is 3.07. The minimum atomic E-state index is -0.606. The first kappa shape index (κ1) is 21.7. The second-order valence-electron chi connectivity index (χ2n) is 6.36. The van der Waals surface area contributed by atoms with Crippen molar-refractivity contribution in [2.75, 3.05) is 11.1 Å². The molecule has 1 unspecified atom stereocenters. The molecule has 10 heteroatoms. The molecule has 0 aliphatic carbocycles. The van der Waals surface area contributed by atoms with Crippen molar-refractivity contribution in [2.24, 2.45) is 12.8 Å². The lowest BCUT2D eigenvalue weighted by molar-refractivity contribution is -0.113. The van der Waals surface area contributed by atoms with Crippen molar-refractivity contribution in [3.8, 4) is 5.75 Å². The number of para-hydroxylation sites is 1. The molecule has 0 fully saturated rings. The van der Waals surface area contributed by atoms with E-state index in [1.807, 2.05) is 13.0 Å². The first-order valence-corrected chi connectivity index (χ1v) is 10.3. The summed E-state index contributed by atoms with van der Waals surface area (Å²) in [7, 11) is 1.80. The van der Waals surface area contributed by atoms with E-state index in [-0.39, 0.29) is 23.3 Å². The van der Waals surface area contributed by atoms with Crippen molar-refractivity contribution < 1.29 is 14.3 Å². The van der Waals surface area contributed by atoms with Gasteiger partial charge in [-0.1, -0.05) is 41.6 Å². The Balaban J connectivity index is 1.61. The monoisotopic (exact) mass is 445 g/mol. The Morgan fingerprint density at radius 1 is 1.23 bits per heavy atom. The number of thioether (sulfide) groups is 1. The standard InChI is InChI=1S/C20H20ClN5O3S/c1-12(29-14-7-5-6-13(21)10-14)19-24-25-20(26(19)2)30-11-17(27)23-16-9-4-3-8-15(16)18(22)28/h3-10,12H,11H2,1-2H3,(H2,22,28)(H,23,27). The van der Waals surface area contributed by atoms with Crippen LogP contribution in [-0.4, -0.2) is 32.3 Å². The van der Waals surface area contributed by atoms with Crippen LogP contribution < -0.4 is 15.8 Å². The van der Waals surface area contributed by atoms with Crippen LogP contribution in [0, 0.1) is 0 Å². The minimum Gasteiger partial charge on any atom is -0.483 e. The number of halogens is 1. The molecule has 0 saturated carbocycles. The highest BCUT2D eigenvalue weighted by molar-refractivity contribution is 7.99. The van der Waals surface area contributed by atoms with Crippen LogP contribution >= 0.6 is 23.4 Å². The van der Waals surface area contributed by atoms with Crippen molar-refractivity contribution in [1.82, 2.24) is 14.8 Å². The van der Waals surface area contributed by atoms with Gasteiger partial charge in [-0.05, 0) is 37.3 Å². The molecule has 8 nitrogen and oxygen atoms in total. The van der Waals surface area contributed by atoms with E-state index in [2.05, 4.69) is 15.5 Å². The number of rotatable bonds is 8. The zero-order valence-electron chi connectivity index (χ0n) is 16.3. The van der Waals surface area contributed by atoms with Crippen molar-refractivity contribution in [3.63, 3.8) is 0 Å². The molecule has 0 bridgehead atoms. The Bertz CT molecular complexity index is 1070. The molecule has 1 aromatic heterocycles. The SMILES string of the molecule is CC(Oc1cccc(Cl)c1)c1nnc(SCC(=O)Nc2ccccc2C(N)=O)n1C. The Morgan fingerprint density at radius 2 is 2.00 bits per heavy atom. The van der Waals surface area contributed by atoms with Gasteiger partial charge >= 0.3 is 0 Å². The number of aromatic nitrogens is 3. The van der Waals surface area contributed by atoms with E-state index in [0.29, 0.717) is 27.4 Å². The van der Waals surface area contributed by atoms with Gasteiger partial charge in [-0.25, -0.2) is 0 Å². The van der Waals surface area contributed by atoms with Gasteiger partial charge in [-0.2, -0.15) is 0 Å². The van der Waals surface area contributed by atoms with Gasteiger partial charge in [0.2, 0.25) is 5.91 Å². The fraction of sp³-hybridized carbons (Fsp3) is 0.200. The molecule has 2 amide bonds. The maximum atomic E-state index is 12.3. The van der Waals surface area contributed by atoms with E-state index in [1.54, 1.807) is 54.1 Å². The number of primary amides is 1. The first-order valence-electron chi connectivity index (χ1n) is 8.98. The maximum Gasteiger partial charge on any atom is 0.250 e. The smallest absolute Gasteiger partial charge is 0.250 e. The summed E-state index contributed by atoms with van der Waals surface area (Å²) >= 11 is 7.21. The number of hydrogen-bond acceptors (Lipinski definition) is 6. The third-order valence-corrected chi connectivity index (χ3v) is 5.40. The number of carbonyl (C=O) groups is 2. The number of benzene rings is 2. The molecular weight excluding hydrogens is 426 g/mol. The van der Waals surface area contributed by atoms with Gasteiger partial charge in [0.1, 0.15) is 5.75 Å². The van der Waals surface area contributed by atoms with Crippen LogP contribution in [0.4, 0.5) is 5.69 Å². The average molecular weight is 446 g/mol. The fourth-order valence-corrected chi connectivity index (χ4v) is 3.62. The second-order valence-corrected chi connectivity index (χ2v) is 7.74. The van der Waals surface area contributed by atoms with E-state index < -0.39 is 5.91 Å². The van der Waals surface area contributed by atoms with E-state index >= 15 is 0 Å². The number of ether oxygens (including phenoxy) is 1. The molecule has 3 N–H and O–H groups in total. The normalized spacial score (nSPS) is 11.7. The number of nitrogens with zero attached hydrogens (tertiary/aromatic N) is 3. The zero-order chi connectivity index (χ0) is 21.7. The largest absolute Gasteiger partial charge is 0.483 e. The second kappa shape index (κ2) is 9.64. The van der Waals surface area contributed by atoms with Crippen LogP contribution in [0.1, 0.15) is 29.2 Å². The first-order chi connectivity index (χ1) is 14.3. The highest BCUT2D eigenvalue weighted by Gasteiger charge is 2.18. The summed E-state index contributed by atoms with van der Waals surface area (Å²) in [6.07, 6.45) is -0.369. The molecular formula is C20H20ClN5O3S. The molecule has 30 heavy (non-hydrogen) atoms. The van der Waals surface area contributed by atoms with Gasteiger partial charge in [-0.3, -0.25) is 9.59 Å². The quantitative estimate of drug-likeness (QED) is 0.513. The number of hydrogen-bond donors (Lipinski definition) is 2. The van der Waals surface area contributed by atoms with Gasteiger partial charge < -0.3 is 20.4 Å². The van der Waals surface area contributed by atoms with Crippen molar-refractivity contribution in [3.05, 3.63) is 64.9 Å². The van der Waals surface area contributed by atoms with Crippen molar-refractivity contribution in [2.45, 2.75) is 18.2 Å². The summed E-state index contributed by atoms with van der Waals surface area (Å²) in [5.41, 5.74) is 5.96. The van der Waals surface area contributed by atoms with Gasteiger partial charge in [0.25, 0.3) is 5.91 Å². The van der Waals surface area contributed by atoms with E-state index in [4.69, 9.17) is 22.1 Å². The molecule has 3 rings (SSSR count). The van der Waals surface area contributed by atoms with Crippen molar-refractivity contribution in [1.29, 1.82) is 0 Å². The van der Waals surface area contributed by atoms with E-state index in [9.17, 15) is 9.59 Å². The molecule has 3 aromatic rings. The van der Waals surface area contributed by atoms with E-state index in [1.165, 1.54) is 11.8 Å². The summed E-state index contributed by atoms with van der Waals surface area (Å²) < 4.78 is 7.64. The Labute approximate surface area is 182 Å². The molecule has 1 heterocycles. The predicted octanol–water partition coefficient (Wildman–Crippen LogP) is 3.44. The lowest BCUT2D eigenvalue weighted by Gasteiger charge is -2.14. The highest BCUT2D eigenvalue weighted by atomic mass is 35.5. The van der Waals surface area contributed by atoms with E-state index in [0.717, 1.165) is 0 Å². The topological polar surface area (TPSA) is 112 Å². The number of carbonyl (C=O) groups excluding carboxylic acids is 2. The predicted molar refractivity (Wildman–Crippen MR) is 116 cm³/mol. The summed E-state index contributed by atoms with van der Waals surface area (Å²) in [5.74, 6) is 0.422. The Morgan fingerprint density at radius 3 is 2.73 bits per heavy atom. The van der Waals surface area contributed by atoms with Gasteiger partial charge in [0.05, 0.1) is 17.0 Å². The highest BCUT2D eigenvalue weighted by Crippen LogP contribution is 2.25. The molecule has 0 spiro atoms. The molecule has 1 atom stereocenters. The minimum absolute atomic E-state index is 0.0859. The van der Waals surface area contributed by atoms with Crippen LogP contribution in [0.5, 0.6) is 5.75 Å². The van der Waals surface area contributed by atoms with Crippen molar-refractivity contribution >= 4 is 40.9 Å². The van der Waals surface area contributed by atoms with Crippen LogP contribution in [0.2, 0.25) is 5.02 Å². The summed E-state index contributed by atoms with van der Waals surface area (Å²) in [4.78, 5) is 23.8. The molecule has 0 aliphatic rings. The molecule has 0 saturated heterocycles. The van der Waals surface area contributed by atoms with Crippen LogP contribution in [0.15, 0.2) is 53.7 Å². The Kier molecular flexibility index (Phi) is 6.96. The summed E-state index contributed by atoms with van der Waals surface area (Å²) in [6, 6.07) is 13.7. The molecule has 156 valence electrons. The summed E-state index contributed by atoms with van der Waals surface area (Å²) in [6.45, 7) is 1.85. The van der Waals surface area contributed by atoms with Gasteiger partial charge in [-0.15, -0.1) is 10.2 Å². The molecule has 2 aromatic carbocycles. The number of anilines is 1. The lowest BCUT2D eigenvalue weighted by atomic mass is 10.1. The number of nitrogens with one attached hydrogen (secondary N) is 1. The number of amides is 2. The Hall–Kier alpha value is -3.04. The summed E-state index contributed by atoms with van der Waals surface area (Å²) in [5, 5.41) is 12.1. The molecule has 0 aliphatic heterocycles. The third-order valence-electron chi connectivity index (χ3n) is 4.14. The maximum absolute atomic E-state index is 12.3. The van der Waals surface area contributed by atoms with Crippen LogP contribution in [0.3, 0.4) is 0 Å².